The minimum Gasteiger partial charge on any atom is -0.387 e. The van der Waals surface area contributed by atoms with Crippen molar-refractivity contribution < 1.29 is 14.9 Å². The minimum atomic E-state index is -1.11. The number of hydrogen-bond acceptors (Lipinski definition) is 7. The Hall–Kier alpha value is -2.23. The lowest BCUT2D eigenvalue weighted by Gasteiger charge is -2.22. The number of benzene rings is 1. The summed E-state index contributed by atoms with van der Waals surface area (Å²) in [6, 6.07) is 9.14. The maximum atomic E-state index is 10.6. The second-order valence-corrected chi connectivity index (χ2v) is 7.08. The van der Waals surface area contributed by atoms with Crippen molar-refractivity contribution in [3.63, 3.8) is 0 Å². The predicted octanol–water partition coefficient (Wildman–Crippen LogP) is 1.79. The van der Waals surface area contributed by atoms with Gasteiger partial charge in [0, 0.05) is 17.1 Å². The number of nitrogens with two attached hydrogens (primary N) is 1. The molecule has 3 heterocycles. The van der Waals surface area contributed by atoms with Crippen molar-refractivity contribution in [1.82, 2.24) is 14.5 Å². The van der Waals surface area contributed by atoms with Gasteiger partial charge in [-0.05, 0) is 23.8 Å². The third-order valence-corrected chi connectivity index (χ3v) is 5.34. The summed E-state index contributed by atoms with van der Waals surface area (Å²) in [6.07, 6.45) is -0.414. The smallest absolute Gasteiger partial charge is 0.164 e. The van der Waals surface area contributed by atoms with Crippen molar-refractivity contribution in [2.45, 2.75) is 37.4 Å². The fourth-order valence-corrected chi connectivity index (χ4v) is 3.70. The first-order valence-electron chi connectivity index (χ1n) is 8.56. The SMILES string of the molecule is C[C@H](c1ccc(Cl)cc1)[C@H]1O[C@@H](n2ccc3c(NN)ncnc32)[C@H](O)[C@@H]1O. The molecule has 2 aromatic heterocycles. The van der Waals surface area contributed by atoms with Gasteiger partial charge >= 0.3 is 0 Å². The molecule has 0 amide bonds. The molecule has 1 aliphatic rings. The molecule has 1 aromatic carbocycles. The van der Waals surface area contributed by atoms with Crippen LogP contribution in [-0.4, -0.2) is 43.1 Å². The Labute approximate surface area is 160 Å². The molecule has 9 heteroatoms. The third kappa shape index (κ3) is 3.05. The summed E-state index contributed by atoms with van der Waals surface area (Å²) in [5, 5.41) is 22.6. The highest BCUT2D eigenvalue weighted by Crippen LogP contribution is 2.38. The Kier molecular flexibility index (Phi) is 4.75. The number of aliphatic hydroxyl groups excluding tert-OH is 2. The summed E-state index contributed by atoms with van der Waals surface area (Å²) in [7, 11) is 0. The normalized spacial score (nSPS) is 26.4. The van der Waals surface area contributed by atoms with E-state index in [0.29, 0.717) is 21.9 Å². The summed E-state index contributed by atoms with van der Waals surface area (Å²) in [5.41, 5.74) is 4.03. The lowest BCUT2D eigenvalue weighted by atomic mass is 9.91. The summed E-state index contributed by atoms with van der Waals surface area (Å²) < 4.78 is 7.76. The topological polar surface area (TPSA) is 118 Å². The fraction of sp³-hybridized carbons (Fsp3) is 0.333. The first kappa shape index (κ1) is 18.1. The molecule has 0 saturated carbocycles. The average Bonchev–Trinajstić information content (AvgIpc) is 3.23. The van der Waals surface area contributed by atoms with E-state index in [1.165, 1.54) is 6.33 Å². The maximum absolute atomic E-state index is 10.6. The molecule has 4 rings (SSSR count). The molecule has 0 bridgehead atoms. The summed E-state index contributed by atoms with van der Waals surface area (Å²) in [6.45, 7) is 1.94. The van der Waals surface area contributed by atoms with Crippen LogP contribution in [0.3, 0.4) is 0 Å². The van der Waals surface area contributed by atoms with E-state index in [1.54, 1.807) is 29.0 Å². The number of aliphatic hydroxyl groups is 2. The molecule has 3 aromatic rings. The average molecular weight is 390 g/mol. The summed E-state index contributed by atoms with van der Waals surface area (Å²) in [5.74, 6) is 5.81. The quantitative estimate of drug-likeness (QED) is 0.397. The molecule has 5 atom stereocenters. The zero-order chi connectivity index (χ0) is 19.1. The molecule has 1 saturated heterocycles. The Morgan fingerprint density at radius 1 is 1.19 bits per heavy atom. The van der Waals surface area contributed by atoms with Gasteiger partial charge in [0.05, 0.1) is 11.5 Å². The van der Waals surface area contributed by atoms with Gasteiger partial charge in [0.2, 0.25) is 0 Å². The zero-order valence-electron chi connectivity index (χ0n) is 14.5. The van der Waals surface area contributed by atoms with Crippen LogP contribution in [0.15, 0.2) is 42.9 Å². The van der Waals surface area contributed by atoms with Crippen LogP contribution >= 0.6 is 11.6 Å². The summed E-state index contributed by atoms with van der Waals surface area (Å²) in [4.78, 5) is 8.33. The number of rotatable bonds is 4. The van der Waals surface area contributed by atoms with E-state index in [1.807, 2.05) is 19.1 Å². The number of halogens is 1. The van der Waals surface area contributed by atoms with Crippen molar-refractivity contribution in [2.75, 3.05) is 5.43 Å². The molecule has 1 aliphatic heterocycles. The standard InChI is InChI=1S/C18H20ClN5O3/c1-9(10-2-4-11(19)5-3-10)15-13(25)14(26)18(27-15)24-7-6-12-16(23-20)21-8-22-17(12)24/h2-9,13-15,18,25-26H,20H2,1H3,(H,21,22,23)/t9-,13+,14-,15-,18-/m1/s1. The van der Waals surface area contributed by atoms with Crippen molar-refractivity contribution in [3.05, 3.63) is 53.4 Å². The monoisotopic (exact) mass is 389 g/mol. The van der Waals surface area contributed by atoms with Gasteiger partial charge < -0.3 is 24.9 Å². The van der Waals surface area contributed by atoms with E-state index in [-0.39, 0.29) is 5.92 Å². The van der Waals surface area contributed by atoms with Gasteiger partial charge in [0.25, 0.3) is 0 Å². The molecule has 27 heavy (non-hydrogen) atoms. The van der Waals surface area contributed by atoms with E-state index < -0.39 is 24.5 Å². The number of aromatic nitrogens is 3. The summed E-state index contributed by atoms with van der Waals surface area (Å²) >= 11 is 5.95. The Morgan fingerprint density at radius 2 is 1.93 bits per heavy atom. The number of nitrogens with zero attached hydrogens (tertiary/aromatic N) is 3. The predicted molar refractivity (Wildman–Crippen MR) is 101 cm³/mol. The fourth-order valence-electron chi connectivity index (χ4n) is 3.58. The van der Waals surface area contributed by atoms with E-state index in [4.69, 9.17) is 22.2 Å². The highest BCUT2D eigenvalue weighted by atomic mass is 35.5. The van der Waals surface area contributed by atoms with E-state index >= 15 is 0 Å². The first-order valence-corrected chi connectivity index (χ1v) is 8.94. The highest BCUT2D eigenvalue weighted by molar-refractivity contribution is 6.30. The van der Waals surface area contributed by atoms with Crippen LogP contribution in [0.4, 0.5) is 5.82 Å². The van der Waals surface area contributed by atoms with Crippen LogP contribution in [0.25, 0.3) is 11.0 Å². The largest absolute Gasteiger partial charge is 0.387 e. The number of nitrogen functional groups attached to an aromatic ring is 1. The molecule has 0 radical (unpaired) electrons. The number of anilines is 1. The van der Waals surface area contributed by atoms with Crippen molar-refractivity contribution >= 4 is 28.5 Å². The second-order valence-electron chi connectivity index (χ2n) is 6.64. The highest BCUT2D eigenvalue weighted by Gasteiger charge is 2.46. The van der Waals surface area contributed by atoms with Crippen molar-refractivity contribution in [1.29, 1.82) is 0 Å². The Balaban J connectivity index is 1.65. The van der Waals surface area contributed by atoms with Gasteiger partial charge in [-0.25, -0.2) is 15.8 Å². The van der Waals surface area contributed by atoms with Crippen LogP contribution in [0.2, 0.25) is 5.02 Å². The van der Waals surface area contributed by atoms with Gasteiger partial charge in [0.1, 0.15) is 24.2 Å². The first-order chi connectivity index (χ1) is 13.0. The molecule has 0 aliphatic carbocycles. The van der Waals surface area contributed by atoms with Crippen molar-refractivity contribution in [3.8, 4) is 0 Å². The molecular weight excluding hydrogens is 370 g/mol. The van der Waals surface area contributed by atoms with Crippen LogP contribution in [0.5, 0.6) is 0 Å². The minimum absolute atomic E-state index is 0.144. The molecule has 142 valence electrons. The van der Waals surface area contributed by atoms with E-state index in [2.05, 4.69) is 15.4 Å². The van der Waals surface area contributed by atoms with Crippen LogP contribution in [0.1, 0.15) is 24.6 Å². The maximum Gasteiger partial charge on any atom is 0.164 e. The molecule has 8 nitrogen and oxygen atoms in total. The molecule has 0 unspecified atom stereocenters. The van der Waals surface area contributed by atoms with E-state index in [9.17, 15) is 10.2 Å². The van der Waals surface area contributed by atoms with Gasteiger partial charge in [-0.2, -0.15) is 0 Å². The Bertz CT molecular complexity index is 948. The van der Waals surface area contributed by atoms with E-state index in [0.717, 1.165) is 5.56 Å². The lowest BCUT2D eigenvalue weighted by Crippen LogP contribution is -2.34. The van der Waals surface area contributed by atoms with Gasteiger partial charge in [-0.15, -0.1) is 0 Å². The molecule has 0 spiro atoms. The van der Waals surface area contributed by atoms with Gasteiger partial charge in [-0.1, -0.05) is 30.7 Å². The number of fused-ring (bicyclic) bond motifs is 1. The van der Waals surface area contributed by atoms with Crippen LogP contribution in [0, 0.1) is 0 Å². The number of hydrazine groups is 1. The number of ether oxygens (including phenoxy) is 1. The second kappa shape index (κ2) is 7.06. The van der Waals surface area contributed by atoms with Crippen LogP contribution < -0.4 is 11.3 Å². The molecule has 1 fully saturated rings. The molecule has 5 N–H and O–H groups in total. The van der Waals surface area contributed by atoms with Crippen molar-refractivity contribution in [2.24, 2.45) is 5.84 Å². The van der Waals surface area contributed by atoms with Gasteiger partial charge in [0.15, 0.2) is 12.0 Å². The molecular formula is C18H20ClN5O3. The number of hydrogen-bond donors (Lipinski definition) is 4. The Morgan fingerprint density at radius 3 is 2.63 bits per heavy atom. The lowest BCUT2D eigenvalue weighted by molar-refractivity contribution is -0.0409. The number of nitrogens with one attached hydrogen (secondary N) is 1. The zero-order valence-corrected chi connectivity index (χ0v) is 15.3. The third-order valence-electron chi connectivity index (χ3n) is 5.08. The van der Waals surface area contributed by atoms with Gasteiger partial charge in [-0.3, -0.25) is 0 Å². The van der Waals surface area contributed by atoms with Crippen LogP contribution in [-0.2, 0) is 4.74 Å².